The molecule has 0 aliphatic rings. The number of ether oxygens (including phenoxy) is 4. The van der Waals surface area contributed by atoms with Gasteiger partial charge in [0.05, 0.1) is 26.4 Å². The maximum Gasteiger partial charge on any atom is 0.472 e. The summed E-state index contributed by atoms with van der Waals surface area (Å²) in [6, 6.07) is 0. The number of hydrogen-bond donors (Lipinski definition) is 3. The highest BCUT2D eigenvalue weighted by molar-refractivity contribution is 7.47. The number of phosphoric acid groups is 2. The highest BCUT2D eigenvalue weighted by Gasteiger charge is 2.30. The van der Waals surface area contributed by atoms with Gasteiger partial charge in [-0.25, -0.2) is 9.13 Å². The first-order valence-electron chi connectivity index (χ1n) is 35.7. The molecule has 0 heterocycles. The molecule has 0 fully saturated rings. The fourth-order valence-corrected chi connectivity index (χ4v) is 11.5. The molecule has 89 heavy (non-hydrogen) atoms. The number of esters is 4. The van der Waals surface area contributed by atoms with Gasteiger partial charge in [0, 0.05) is 25.7 Å². The molecule has 0 aromatic heterocycles. The minimum Gasteiger partial charge on any atom is -0.462 e. The molecule has 0 aromatic rings. The lowest BCUT2D eigenvalue weighted by atomic mass is 9.99. The van der Waals surface area contributed by atoms with E-state index in [0.717, 1.165) is 121 Å². The van der Waals surface area contributed by atoms with Crippen LogP contribution < -0.4 is 0 Å². The van der Waals surface area contributed by atoms with Crippen molar-refractivity contribution in [1.82, 2.24) is 0 Å². The third-order valence-corrected chi connectivity index (χ3v) is 18.1. The largest absolute Gasteiger partial charge is 0.472 e. The summed E-state index contributed by atoms with van der Waals surface area (Å²) in [5.74, 6) is 0.0670. The van der Waals surface area contributed by atoms with Crippen molar-refractivity contribution in [1.29, 1.82) is 0 Å². The van der Waals surface area contributed by atoms with Gasteiger partial charge in [0.15, 0.2) is 12.2 Å². The lowest BCUT2D eigenvalue weighted by Crippen LogP contribution is -2.30. The normalized spacial score (nSPS) is 15.0. The van der Waals surface area contributed by atoms with Gasteiger partial charge in [-0.15, -0.1) is 0 Å². The van der Waals surface area contributed by atoms with E-state index in [1.807, 2.05) is 0 Å². The van der Waals surface area contributed by atoms with E-state index >= 15 is 0 Å². The van der Waals surface area contributed by atoms with E-state index in [1.165, 1.54) is 116 Å². The van der Waals surface area contributed by atoms with Crippen LogP contribution in [0.5, 0.6) is 0 Å². The number of allylic oxidation sites excluding steroid dienone is 4. The molecule has 5 unspecified atom stereocenters. The van der Waals surface area contributed by atoms with E-state index in [2.05, 4.69) is 72.8 Å². The van der Waals surface area contributed by atoms with Crippen LogP contribution in [0.15, 0.2) is 24.3 Å². The Labute approximate surface area is 542 Å². The van der Waals surface area contributed by atoms with Gasteiger partial charge in [-0.05, 0) is 69.1 Å². The predicted molar refractivity (Wildman–Crippen MR) is 358 cm³/mol. The molecule has 0 bridgehead atoms. The van der Waals surface area contributed by atoms with Gasteiger partial charge in [-0.2, -0.15) is 0 Å². The maximum atomic E-state index is 13.0. The van der Waals surface area contributed by atoms with Crippen LogP contribution in [0.1, 0.15) is 325 Å². The van der Waals surface area contributed by atoms with Crippen molar-refractivity contribution in [2.24, 2.45) is 17.8 Å². The van der Waals surface area contributed by atoms with Crippen molar-refractivity contribution in [2.45, 2.75) is 343 Å². The molecular formula is C70H132O17P2. The molecule has 0 rings (SSSR count). The van der Waals surface area contributed by atoms with Crippen LogP contribution in [0.4, 0.5) is 0 Å². The quantitative estimate of drug-likeness (QED) is 0.0169. The molecule has 0 radical (unpaired) electrons. The van der Waals surface area contributed by atoms with E-state index in [4.69, 9.17) is 37.0 Å². The molecule has 0 saturated carbocycles. The van der Waals surface area contributed by atoms with E-state index in [-0.39, 0.29) is 25.7 Å². The fourth-order valence-electron chi connectivity index (χ4n) is 9.94. The first kappa shape index (κ1) is 86.5. The molecular weight excluding hydrogens is 1170 g/mol. The maximum absolute atomic E-state index is 13.0. The summed E-state index contributed by atoms with van der Waals surface area (Å²) in [5.41, 5.74) is 0. The zero-order chi connectivity index (χ0) is 65.9. The highest BCUT2D eigenvalue weighted by atomic mass is 31.2. The van der Waals surface area contributed by atoms with Crippen molar-refractivity contribution in [3.63, 3.8) is 0 Å². The molecule has 17 nitrogen and oxygen atoms in total. The second kappa shape index (κ2) is 60.5. The van der Waals surface area contributed by atoms with E-state index < -0.39 is 97.5 Å². The average Bonchev–Trinajstić information content (AvgIpc) is 3.61. The zero-order valence-electron chi connectivity index (χ0n) is 57.4. The van der Waals surface area contributed by atoms with Gasteiger partial charge in [0.2, 0.25) is 0 Å². The number of hydrogen-bond acceptors (Lipinski definition) is 15. The summed E-state index contributed by atoms with van der Waals surface area (Å²) >= 11 is 0. The lowest BCUT2D eigenvalue weighted by Gasteiger charge is -2.21. The Morgan fingerprint density at radius 2 is 0.663 bits per heavy atom. The number of rotatable bonds is 66. The molecule has 0 amide bonds. The average molecular weight is 1310 g/mol. The molecule has 0 aromatic carbocycles. The van der Waals surface area contributed by atoms with Gasteiger partial charge >= 0.3 is 39.5 Å². The summed E-state index contributed by atoms with van der Waals surface area (Å²) in [7, 11) is -9.91. The topological polar surface area (TPSA) is 237 Å². The number of phosphoric ester groups is 2. The number of aliphatic hydroxyl groups is 1. The van der Waals surface area contributed by atoms with E-state index in [0.29, 0.717) is 31.6 Å². The summed E-state index contributed by atoms with van der Waals surface area (Å²) < 4.78 is 68.2. The molecule has 19 heteroatoms. The summed E-state index contributed by atoms with van der Waals surface area (Å²) in [4.78, 5) is 72.5. The lowest BCUT2D eigenvalue weighted by molar-refractivity contribution is -0.161. The predicted octanol–water partition coefficient (Wildman–Crippen LogP) is 19.4. The highest BCUT2D eigenvalue weighted by Crippen LogP contribution is 2.45. The van der Waals surface area contributed by atoms with Crippen LogP contribution in [-0.2, 0) is 65.4 Å². The SMILES string of the molecule is CCCCCC/C=C\C=C/CCCCCCCC(=O)O[C@H](COC(=O)CCCCCCCCCC(C)C)COP(=O)(O)OCC(O)COP(=O)(O)OC[C@@H](COC(=O)CCCCCCCCCCCCC(C)CC)OC(=O)CCCCCCCCC(C)CC. The Hall–Kier alpha value is -2.46. The van der Waals surface area contributed by atoms with Crippen LogP contribution in [0.2, 0.25) is 0 Å². The minimum absolute atomic E-state index is 0.0836. The van der Waals surface area contributed by atoms with Gasteiger partial charge in [-0.3, -0.25) is 37.3 Å². The Morgan fingerprint density at radius 1 is 0.371 bits per heavy atom. The Balaban J connectivity index is 5.28. The first-order chi connectivity index (χ1) is 42.8. The third kappa shape index (κ3) is 61.5. The number of aliphatic hydroxyl groups excluding tert-OH is 1. The van der Waals surface area contributed by atoms with Crippen molar-refractivity contribution in [3.8, 4) is 0 Å². The van der Waals surface area contributed by atoms with Gasteiger partial charge in [0.1, 0.15) is 19.3 Å². The van der Waals surface area contributed by atoms with Crippen LogP contribution in [0, 0.1) is 17.8 Å². The van der Waals surface area contributed by atoms with Crippen LogP contribution in [-0.4, -0.2) is 96.7 Å². The Kier molecular flexibility index (Phi) is 58.8. The summed E-state index contributed by atoms with van der Waals surface area (Å²) in [6.45, 7) is 11.7. The molecule has 0 spiro atoms. The van der Waals surface area contributed by atoms with E-state index in [1.54, 1.807) is 0 Å². The molecule has 7 atom stereocenters. The van der Waals surface area contributed by atoms with Crippen LogP contribution >= 0.6 is 15.6 Å². The van der Waals surface area contributed by atoms with Gasteiger partial charge in [-0.1, -0.05) is 272 Å². The Morgan fingerprint density at radius 3 is 1.00 bits per heavy atom. The second-order valence-electron chi connectivity index (χ2n) is 25.5. The van der Waals surface area contributed by atoms with Crippen LogP contribution in [0.25, 0.3) is 0 Å². The molecule has 0 saturated heterocycles. The molecule has 524 valence electrons. The monoisotopic (exact) mass is 1310 g/mol. The standard InChI is InChI=1S/C70H132O17P2/c1-8-11-12-13-14-15-16-17-18-19-20-25-30-39-46-53-69(74)86-65(57-81-68(73)52-45-38-31-26-27-34-41-48-61(4)5)59-84-88(76,77)82-55-64(71)56-83-89(78,79)85-60-66(87-70(75)54-47-40-33-32-36-43-50-63(7)10-3)58-80-67(72)51-44-37-29-24-22-21-23-28-35-42-49-62(6)9-2/h15-18,61-66,71H,8-14,19-60H2,1-7H3,(H,76,77)(H,78,79)/b16-15-,18-17-/t62?,63?,64?,65-,66-/m1/s1. The number of unbranched alkanes of at least 4 members (excludes halogenated alkanes) is 29. The zero-order valence-corrected chi connectivity index (χ0v) is 59.2. The van der Waals surface area contributed by atoms with Gasteiger partial charge < -0.3 is 33.8 Å². The van der Waals surface area contributed by atoms with Crippen LogP contribution in [0.3, 0.4) is 0 Å². The Bertz CT molecular complexity index is 1850. The smallest absolute Gasteiger partial charge is 0.462 e. The summed E-state index contributed by atoms with van der Waals surface area (Å²) in [5, 5.41) is 10.6. The minimum atomic E-state index is -4.96. The number of carbonyl (C=O) groups is 4. The van der Waals surface area contributed by atoms with Crippen molar-refractivity contribution < 1.29 is 80.2 Å². The molecule has 0 aliphatic heterocycles. The molecule has 3 N–H and O–H groups in total. The molecule has 0 aliphatic carbocycles. The van der Waals surface area contributed by atoms with Gasteiger partial charge in [0.25, 0.3) is 0 Å². The third-order valence-electron chi connectivity index (χ3n) is 16.2. The van der Waals surface area contributed by atoms with Crippen molar-refractivity contribution in [3.05, 3.63) is 24.3 Å². The second-order valence-corrected chi connectivity index (χ2v) is 28.5. The number of carbonyl (C=O) groups excluding carboxylic acids is 4. The van der Waals surface area contributed by atoms with Crippen molar-refractivity contribution >= 4 is 39.5 Å². The summed E-state index contributed by atoms with van der Waals surface area (Å²) in [6.07, 6.45) is 46.7. The fraction of sp³-hybridized carbons (Fsp3) is 0.886. The van der Waals surface area contributed by atoms with E-state index in [9.17, 15) is 43.2 Å². The van der Waals surface area contributed by atoms with Crippen molar-refractivity contribution in [2.75, 3.05) is 39.6 Å². The first-order valence-corrected chi connectivity index (χ1v) is 38.7.